The molecule has 0 bridgehead atoms. The molecule has 1 rings (SSSR count). The van der Waals surface area contributed by atoms with Crippen LogP contribution in [0.2, 0.25) is 0 Å². The van der Waals surface area contributed by atoms with Crippen LogP contribution in [0.25, 0.3) is 0 Å². The molecule has 0 spiro atoms. The van der Waals surface area contributed by atoms with Crippen LogP contribution in [0, 0.1) is 6.92 Å². The molecule has 1 heterocycles. The van der Waals surface area contributed by atoms with Gasteiger partial charge in [0.15, 0.2) is 0 Å². The standard InChI is InChI=1S/C10H17N3OS/c1-8(4-7-15(3)14)13-10-9(2)11-5-6-12-10/h5-6,8H,4,7H2,1-3H3,(H,12,13). The fourth-order valence-corrected chi connectivity index (χ4v) is 1.88. The zero-order valence-electron chi connectivity index (χ0n) is 9.36. The predicted octanol–water partition coefficient (Wildman–Crippen LogP) is 1.35. The molecule has 0 aliphatic rings. The fourth-order valence-electron chi connectivity index (χ4n) is 1.20. The van der Waals surface area contributed by atoms with Gasteiger partial charge in [-0.1, -0.05) is 0 Å². The van der Waals surface area contributed by atoms with E-state index in [9.17, 15) is 4.21 Å². The zero-order chi connectivity index (χ0) is 11.3. The first-order valence-electron chi connectivity index (χ1n) is 4.93. The molecule has 0 radical (unpaired) electrons. The van der Waals surface area contributed by atoms with Crippen LogP contribution in [0.3, 0.4) is 0 Å². The van der Waals surface area contributed by atoms with Crippen LogP contribution in [-0.2, 0) is 10.8 Å². The Morgan fingerprint density at radius 1 is 1.47 bits per heavy atom. The zero-order valence-corrected chi connectivity index (χ0v) is 10.2. The van der Waals surface area contributed by atoms with Gasteiger partial charge in [-0.2, -0.15) is 0 Å². The van der Waals surface area contributed by atoms with Crippen LogP contribution < -0.4 is 5.32 Å². The van der Waals surface area contributed by atoms with Gasteiger partial charge in [-0.25, -0.2) is 4.98 Å². The first-order chi connectivity index (χ1) is 7.09. The Bertz CT molecular complexity index is 343. The smallest absolute Gasteiger partial charge is 0.147 e. The van der Waals surface area contributed by atoms with Crippen LogP contribution >= 0.6 is 0 Å². The lowest BCUT2D eigenvalue weighted by Crippen LogP contribution is -2.19. The normalized spacial score (nSPS) is 14.6. The second-order valence-electron chi connectivity index (χ2n) is 3.60. The first kappa shape index (κ1) is 12.1. The molecule has 0 amide bonds. The van der Waals surface area contributed by atoms with Gasteiger partial charge in [0.05, 0.1) is 5.69 Å². The molecule has 2 unspecified atom stereocenters. The lowest BCUT2D eigenvalue weighted by molar-refractivity contribution is 0.678. The van der Waals surface area contributed by atoms with Gasteiger partial charge in [0, 0.05) is 41.2 Å². The first-order valence-corrected chi connectivity index (χ1v) is 6.66. The third-order valence-electron chi connectivity index (χ3n) is 2.10. The summed E-state index contributed by atoms with van der Waals surface area (Å²) >= 11 is 0. The highest BCUT2D eigenvalue weighted by Crippen LogP contribution is 2.09. The number of hydrogen-bond acceptors (Lipinski definition) is 4. The van der Waals surface area contributed by atoms with Crippen LogP contribution in [0.5, 0.6) is 0 Å². The van der Waals surface area contributed by atoms with Crippen molar-refractivity contribution in [2.75, 3.05) is 17.3 Å². The minimum Gasteiger partial charge on any atom is -0.366 e. The summed E-state index contributed by atoms with van der Waals surface area (Å²) in [6.07, 6.45) is 5.94. The van der Waals surface area contributed by atoms with Crippen LogP contribution in [0.1, 0.15) is 19.0 Å². The lowest BCUT2D eigenvalue weighted by atomic mass is 10.2. The highest BCUT2D eigenvalue weighted by Gasteiger charge is 2.06. The number of nitrogens with zero attached hydrogens (tertiary/aromatic N) is 2. The SMILES string of the molecule is Cc1nccnc1NC(C)CCS(C)=O. The van der Waals surface area contributed by atoms with E-state index in [0.717, 1.165) is 17.9 Å². The summed E-state index contributed by atoms with van der Waals surface area (Å²) < 4.78 is 10.9. The quantitative estimate of drug-likeness (QED) is 0.825. The lowest BCUT2D eigenvalue weighted by Gasteiger charge is -2.14. The molecular formula is C10H17N3OS. The van der Waals surface area contributed by atoms with Gasteiger partial charge in [-0.3, -0.25) is 9.19 Å². The maximum atomic E-state index is 10.9. The van der Waals surface area contributed by atoms with Crippen molar-refractivity contribution >= 4 is 16.6 Å². The summed E-state index contributed by atoms with van der Waals surface area (Å²) in [7, 11) is -0.726. The molecule has 2 atom stereocenters. The van der Waals surface area contributed by atoms with Crippen molar-refractivity contribution in [2.24, 2.45) is 0 Å². The molecular weight excluding hydrogens is 210 g/mol. The summed E-state index contributed by atoms with van der Waals surface area (Å²) in [5, 5.41) is 3.26. The second kappa shape index (κ2) is 5.80. The monoisotopic (exact) mass is 227 g/mol. The summed E-state index contributed by atoms with van der Waals surface area (Å²) in [6.45, 7) is 3.97. The number of anilines is 1. The summed E-state index contributed by atoms with van der Waals surface area (Å²) in [4.78, 5) is 8.34. The van der Waals surface area contributed by atoms with Gasteiger partial charge >= 0.3 is 0 Å². The third kappa shape index (κ3) is 4.38. The maximum Gasteiger partial charge on any atom is 0.147 e. The molecule has 84 valence electrons. The van der Waals surface area contributed by atoms with E-state index >= 15 is 0 Å². The van der Waals surface area contributed by atoms with Gasteiger partial charge in [0.1, 0.15) is 5.82 Å². The Morgan fingerprint density at radius 2 is 2.13 bits per heavy atom. The molecule has 0 aliphatic heterocycles. The number of hydrogen-bond donors (Lipinski definition) is 1. The molecule has 0 aromatic carbocycles. The van der Waals surface area contributed by atoms with E-state index in [4.69, 9.17) is 0 Å². The molecule has 15 heavy (non-hydrogen) atoms. The summed E-state index contributed by atoms with van der Waals surface area (Å²) in [5.41, 5.74) is 0.891. The van der Waals surface area contributed by atoms with Crippen molar-refractivity contribution in [3.8, 4) is 0 Å². The van der Waals surface area contributed by atoms with Gasteiger partial charge < -0.3 is 5.32 Å². The summed E-state index contributed by atoms with van der Waals surface area (Å²) in [6, 6.07) is 0.268. The van der Waals surface area contributed by atoms with Gasteiger partial charge in [0.25, 0.3) is 0 Å². The van der Waals surface area contributed by atoms with E-state index in [1.165, 1.54) is 0 Å². The molecule has 1 aromatic rings. The van der Waals surface area contributed by atoms with Crippen LogP contribution in [0.15, 0.2) is 12.4 Å². The average molecular weight is 227 g/mol. The Labute approximate surface area is 93.0 Å². The molecule has 0 saturated carbocycles. The molecule has 4 nitrogen and oxygen atoms in total. The minimum absolute atomic E-state index is 0.268. The Balaban J connectivity index is 2.47. The van der Waals surface area contributed by atoms with E-state index in [-0.39, 0.29) is 6.04 Å². The van der Waals surface area contributed by atoms with Crippen molar-refractivity contribution in [3.05, 3.63) is 18.1 Å². The Hall–Kier alpha value is -0.970. The predicted molar refractivity (Wildman–Crippen MR) is 63.4 cm³/mol. The Morgan fingerprint density at radius 3 is 2.73 bits per heavy atom. The van der Waals surface area contributed by atoms with Gasteiger partial charge in [-0.15, -0.1) is 0 Å². The Kier molecular flexibility index (Phi) is 4.68. The summed E-state index contributed by atoms with van der Waals surface area (Å²) in [5.74, 6) is 1.53. The van der Waals surface area contributed by atoms with Crippen molar-refractivity contribution in [1.82, 2.24) is 9.97 Å². The molecule has 1 aromatic heterocycles. The maximum absolute atomic E-state index is 10.9. The second-order valence-corrected chi connectivity index (χ2v) is 5.16. The van der Waals surface area contributed by atoms with Crippen molar-refractivity contribution in [3.63, 3.8) is 0 Å². The van der Waals surface area contributed by atoms with E-state index in [1.807, 2.05) is 6.92 Å². The van der Waals surface area contributed by atoms with E-state index in [1.54, 1.807) is 18.6 Å². The number of aryl methyl sites for hydroxylation is 1. The molecule has 1 N–H and O–H groups in total. The van der Waals surface area contributed by atoms with E-state index < -0.39 is 10.8 Å². The molecule has 0 fully saturated rings. The molecule has 5 heteroatoms. The molecule has 0 aliphatic carbocycles. The van der Waals surface area contributed by atoms with Crippen molar-refractivity contribution < 1.29 is 4.21 Å². The van der Waals surface area contributed by atoms with Crippen molar-refractivity contribution in [2.45, 2.75) is 26.3 Å². The number of rotatable bonds is 5. The van der Waals surface area contributed by atoms with Crippen molar-refractivity contribution in [1.29, 1.82) is 0 Å². The molecule has 0 saturated heterocycles. The average Bonchev–Trinajstić information content (AvgIpc) is 2.18. The fraction of sp³-hybridized carbons (Fsp3) is 0.600. The largest absolute Gasteiger partial charge is 0.366 e. The third-order valence-corrected chi connectivity index (χ3v) is 2.91. The van der Waals surface area contributed by atoms with Crippen LogP contribution in [0.4, 0.5) is 5.82 Å². The van der Waals surface area contributed by atoms with Gasteiger partial charge in [0.2, 0.25) is 0 Å². The topological polar surface area (TPSA) is 54.9 Å². The number of aromatic nitrogens is 2. The highest BCUT2D eigenvalue weighted by atomic mass is 32.2. The highest BCUT2D eigenvalue weighted by molar-refractivity contribution is 7.84. The van der Waals surface area contributed by atoms with Crippen LogP contribution in [-0.4, -0.2) is 32.2 Å². The van der Waals surface area contributed by atoms with E-state index in [0.29, 0.717) is 5.75 Å². The minimum atomic E-state index is -0.726. The van der Waals surface area contributed by atoms with Gasteiger partial charge in [-0.05, 0) is 20.3 Å². The van der Waals surface area contributed by atoms with E-state index in [2.05, 4.69) is 22.2 Å². The number of nitrogens with one attached hydrogen (secondary N) is 1.